The zero-order valence-electron chi connectivity index (χ0n) is 9.04. The molecule has 16 heavy (non-hydrogen) atoms. The van der Waals surface area contributed by atoms with Crippen LogP contribution in [-0.2, 0) is 13.5 Å². The summed E-state index contributed by atoms with van der Waals surface area (Å²) in [6.45, 7) is 0. The van der Waals surface area contributed by atoms with Gasteiger partial charge in [-0.05, 0) is 23.6 Å². The van der Waals surface area contributed by atoms with E-state index in [9.17, 15) is 0 Å². The molecule has 2 rings (SSSR count). The minimum atomic E-state index is 0.0275. The molecule has 0 aliphatic carbocycles. The van der Waals surface area contributed by atoms with Crippen LogP contribution in [0.15, 0.2) is 30.9 Å². The maximum Gasteiger partial charge on any atom is 0.0544 e. The molecule has 0 radical (unpaired) electrons. The fourth-order valence-corrected chi connectivity index (χ4v) is 1.59. The molecule has 2 aromatic heterocycles. The Morgan fingerprint density at radius 2 is 2.31 bits per heavy atom. The summed E-state index contributed by atoms with van der Waals surface area (Å²) in [6, 6.07) is 1.92. The molecule has 0 spiro atoms. The van der Waals surface area contributed by atoms with Crippen molar-refractivity contribution in [3.8, 4) is 0 Å². The zero-order chi connectivity index (χ0) is 11.4. The van der Waals surface area contributed by atoms with Crippen molar-refractivity contribution in [2.24, 2.45) is 12.9 Å². The molecule has 0 fully saturated rings. The third-order valence-corrected chi connectivity index (χ3v) is 2.41. The number of aryl methyl sites for hydroxylation is 1. The molecule has 0 bridgehead atoms. The van der Waals surface area contributed by atoms with E-state index < -0.39 is 0 Å². The van der Waals surface area contributed by atoms with E-state index in [1.54, 1.807) is 17.1 Å². The minimum absolute atomic E-state index is 0.0275. The maximum atomic E-state index is 5.53. The van der Waals surface area contributed by atoms with E-state index in [2.05, 4.69) is 20.7 Å². The lowest BCUT2D eigenvalue weighted by molar-refractivity contribution is 0.548. The molecule has 0 saturated carbocycles. The van der Waals surface area contributed by atoms with Crippen LogP contribution in [0.1, 0.15) is 17.2 Å². The second-order valence-corrected chi connectivity index (χ2v) is 3.62. The van der Waals surface area contributed by atoms with E-state index in [4.69, 9.17) is 5.84 Å². The second-order valence-electron chi connectivity index (χ2n) is 3.62. The third kappa shape index (κ3) is 2.41. The van der Waals surface area contributed by atoms with Gasteiger partial charge in [-0.1, -0.05) is 0 Å². The van der Waals surface area contributed by atoms with Crippen LogP contribution in [-0.4, -0.2) is 20.0 Å². The lowest BCUT2D eigenvalue weighted by Gasteiger charge is -2.14. The molecule has 2 aromatic rings. The van der Waals surface area contributed by atoms with Crippen molar-refractivity contribution in [1.82, 2.24) is 25.4 Å². The average molecular weight is 218 g/mol. The van der Waals surface area contributed by atoms with Crippen molar-refractivity contribution in [3.63, 3.8) is 0 Å². The fraction of sp³-hybridized carbons (Fsp3) is 0.300. The van der Waals surface area contributed by atoms with Crippen molar-refractivity contribution in [2.45, 2.75) is 12.5 Å². The molecule has 1 unspecified atom stereocenters. The van der Waals surface area contributed by atoms with Crippen LogP contribution >= 0.6 is 0 Å². The summed E-state index contributed by atoms with van der Waals surface area (Å²) in [4.78, 5) is 0. The number of hydrogen-bond acceptors (Lipinski definition) is 5. The molecule has 6 heteroatoms. The van der Waals surface area contributed by atoms with Crippen molar-refractivity contribution in [1.29, 1.82) is 0 Å². The summed E-state index contributed by atoms with van der Waals surface area (Å²) in [5.74, 6) is 5.53. The van der Waals surface area contributed by atoms with Crippen LogP contribution in [0.2, 0.25) is 0 Å². The summed E-state index contributed by atoms with van der Waals surface area (Å²) >= 11 is 0. The molecule has 0 aromatic carbocycles. The van der Waals surface area contributed by atoms with Crippen molar-refractivity contribution < 1.29 is 0 Å². The Morgan fingerprint density at radius 1 is 1.44 bits per heavy atom. The van der Waals surface area contributed by atoms with Gasteiger partial charge in [0.1, 0.15) is 0 Å². The summed E-state index contributed by atoms with van der Waals surface area (Å²) in [7, 11) is 1.89. The number of hydrazine groups is 1. The van der Waals surface area contributed by atoms with Gasteiger partial charge in [0.2, 0.25) is 0 Å². The van der Waals surface area contributed by atoms with Crippen LogP contribution in [0.5, 0.6) is 0 Å². The summed E-state index contributed by atoms with van der Waals surface area (Å²) in [5.41, 5.74) is 4.91. The number of aromatic nitrogens is 4. The Morgan fingerprint density at radius 3 is 2.88 bits per heavy atom. The Kier molecular flexibility index (Phi) is 3.23. The lowest BCUT2D eigenvalue weighted by atomic mass is 10.0. The standard InChI is InChI=1S/C10H14N6/c1-16-7-8(5-14-16)4-10(15-11)9-2-3-12-13-6-9/h2-3,5-7,10,15H,4,11H2,1H3. The van der Waals surface area contributed by atoms with Gasteiger partial charge in [-0.3, -0.25) is 16.0 Å². The molecule has 84 valence electrons. The normalized spacial score (nSPS) is 12.6. The van der Waals surface area contributed by atoms with Gasteiger partial charge in [0.25, 0.3) is 0 Å². The summed E-state index contributed by atoms with van der Waals surface area (Å²) in [6.07, 6.45) is 7.94. The van der Waals surface area contributed by atoms with E-state index in [0.29, 0.717) is 0 Å². The molecule has 6 nitrogen and oxygen atoms in total. The molecular formula is C10H14N6. The Bertz CT molecular complexity index is 438. The van der Waals surface area contributed by atoms with E-state index in [0.717, 1.165) is 17.5 Å². The Labute approximate surface area is 93.5 Å². The molecule has 0 aliphatic rings. The van der Waals surface area contributed by atoms with Gasteiger partial charge in [-0.2, -0.15) is 15.3 Å². The van der Waals surface area contributed by atoms with Crippen LogP contribution in [0.25, 0.3) is 0 Å². The molecule has 2 heterocycles. The number of nitrogens with zero attached hydrogens (tertiary/aromatic N) is 4. The van der Waals surface area contributed by atoms with Gasteiger partial charge in [-0.15, -0.1) is 0 Å². The molecule has 0 amide bonds. The van der Waals surface area contributed by atoms with E-state index in [1.165, 1.54) is 0 Å². The predicted octanol–water partition coefficient (Wildman–Crippen LogP) is -0.0428. The summed E-state index contributed by atoms with van der Waals surface area (Å²) in [5, 5.41) is 11.7. The van der Waals surface area contributed by atoms with Gasteiger partial charge >= 0.3 is 0 Å². The second kappa shape index (κ2) is 4.82. The van der Waals surface area contributed by atoms with Crippen molar-refractivity contribution in [3.05, 3.63) is 42.0 Å². The fourth-order valence-electron chi connectivity index (χ4n) is 1.59. The van der Waals surface area contributed by atoms with Crippen molar-refractivity contribution in [2.75, 3.05) is 0 Å². The molecule has 0 saturated heterocycles. The van der Waals surface area contributed by atoms with E-state index in [1.807, 2.05) is 25.5 Å². The first-order chi connectivity index (χ1) is 7.79. The smallest absolute Gasteiger partial charge is 0.0544 e. The van der Waals surface area contributed by atoms with Gasteiger partial charge in [0.05, 0.1) is 18.4 Å². The highest BCUT2D eigenvalue weighted by Gasteiger charge is 2.11. The quantitative estimate of drug-likeness (QED) is 0.555. The third-order valence-electron chi connectivity index (χ3n) is 2.41. The SMILES string of the molecule is Cn1cc(CC(NN)c2ccnnc2)cn1. The Balaban J connectivity index is 2.12. The highest BCUT2D eigenvalue weighted by atomic mass is 15.2. The van der Waals surface area contributed by atoms with E-state index >= 15 is 0 Å². The number of nitrogens with one attached hydrogen (secondary N) is 1. The predicted molar refractivity (Wildman–Crippen MR) is 59.0 cm³/mol. The first kappa shape index (κ1) is 10.7. The molecule has 3 N–H and O–H groups in total. The topological polar surface area (TPSA) is 81.7 Å². The van der Waals surface area contributed by atoms with Gasteiger partial charge < -0.3 is 0 Å². The molecule has 0 aliphatic heterocycles. The maximum absolute atomic E-state index is 5.53. The largest absolute Gasteiger partial charge is 0.276 e. The van der Waals surface area contributed by atoms with Crippen LogP contribution in [0, 0.1) is 0 Å². The first-order valence-electron chi connectivity index (χ1n) is 5.00. The number of nitrogens with two attached hydrogens (primary N) is 1. The van der Waals surface area contributed by atoms with Crippen LogP contribution in [0.3, 0.4) is 0 Å². The lowest BCUT2D eigenvalue weighted by Crippen LogP contribution is -2.29. The van der Waals surface area contributed by atoms with E-state index in [-0.39, 0.29) is 6.04 Å². The van der Waals surface area contributed by atoms with Gasteiger partial charge in [0.15, 0.2) is 0 Å². The first-order valence-corrected chi connectivity index (χ1v) is 5.00. The number of hydrogen-bond donors (Lipinski definition) is 2. The van der Waals surface area contributed by atoms with Gasteiger partial charge in [-0.25, -0.2) is 0 Å². The summed E-state index contributed by atoms with van der Waals surface area (Å²) < 4.78 is 1.77. The Hall–Kier alpha value is -1.79. The number of rotatable bonds is 4. The monoisotopic (exact) mass is 218 g/mol. The average Bonchev–Trinajstić information content (AvgIpc) is 2.73. The van der Waals surface area contributed by atoms with Crippen LogP contribution < -0.4 is 11.3 Å². The van der Waals surface area contributed by atoms with Crippen LogP contribution in [0.4, 0.5) is 0 Å². The highest BCUT2D eigenvalue weighted by Crippen LogP contribution is 2.15. The van der Waals surface area contributed by atoms with Crippen molar-refractivity contribution >= 4 is 0 Å². The van der Waals surface area contributed by atoms with Gasteiger partial charge in [0, 0.05) is 19.4 Å². The molecule has 1 atom stereocenters. The minimum Gasteiger partial charge on any atom is -0.276 e. The highest BCUT2D eigenvalue weighted by molar-refractivity contribution is 5.16. The zero-order valence-corrected chi connectivity index (χ0v) is 9.04. The molecular weight excluding hydrogens is 204 g/mol.